The molecule has 0 bridgehead atoms. The van der Waals surface area contributed by atoms with Crippen LogP contribution in [-0.4, -0.2) is 25.7 Å². The number of nitrogens with one attached hydrogen (secondary N) is 1. The Morgan fingerprint density at radius 1 is 1.35 bits per heavy atom. The summed E-state index contributed by atoms with van der Waals surface area (Å²) in [5.41, 5.74) is 3.41. The fourth-order valence-electron chi connectivity index (χ4n) is 2.07. The molecular weight excluding hydrogens is 268 g/mol. The van der Waals surface area contributed by atoms with E-state index in [2.05, 4.69) is 36.7 Å². The van der Waals surface area contributed by atoms with E-state index >= 15 is 0 Å². The molecule has 0 fully saturated rings. The van der Waals surface area contributed by atoms with Gasteiger partial charge in [-0.3, -0.25) is 0 Å². The second-order valence-corrected chi connectivity index (χ2v) is 6.04. The van der Waals surface area contributed by atoms with Crippen LogP contribution in [0.2, 0.25) is 0 Å². The van der Waals surface area contributed by atoms with Crippen LogP contribution in [0, 0.1) is 0 Å². The Kier molecular flexibility index (Phi) is 5.15. The van der Waals surface area contributed by atoms with Gasteiger partial charge in [-0.05, 0) is 30.7 Å². The van der Waals surface area contributed by atoms with Crippen molar-refractivity contribution in [3.05, 3.63) is 34.2 Å². The van der Waals surface area contributed by atoms with Gasteiger partial charge in [0.15, 0.2) is 0 Å². The van der Waals surface area contributed by atoms with E-state index in [0.717, 1.165) is 35.0 Å². The Hall–Kier alpha value is -1.39. The molecule has 20 heavy (non-hydrogen) atoms. The molecule has 1 aromatic heterocycles. The number of nitrogens with zero attached hydrogens (tertiary/aromatic N) is 1. The number of hydrogen-bond acceptors (Lipinski definition) is 4. The minimum atomic E-state index is 0.502. The Bertz CT molecular complexity index is 563. The van der Waals surface area contributed by atoms with Crippen molar-refractivity contribution < 1.29 is 4.74 Å². The highest BCUT2D eigenvalue weighted by atomic mass is 32.1. The zero-order valence-corrected chi connectivity index (χ0v) is 13.4. The second kappa shape index (κ2) is 6.86. The van der Waals surface area contributed by atoms with Crippen LogP contribution in [-0.2, 0) is 6.42 Å². The van der Waals surface area contributed by atoms with Crippen LogP contribution in [0.3, 0.4) is 0 Å². The number of likely N-dealkylation sites (N-methyl/N-ethyl adjacent to an activating group) is 1. The molecule has 0 saturated heterocycles. The summed E-state index contributed by atoms with van der Waals surface area (Å²) in [7, 11) is 3.67. The Balaban J connectivity index is 2.34. The maximum absolute atomic E-state index is 5.48. The third-order valence-electron chi connectivity index (χ3n) is 3.31. The van der Waals surface area contributed by atoms with E-state index < -0.39 is 0 Å². The molecule has 0 aliphatic carbocycles. The molecule has 2 aromatic rings. The van der Waals surface area contributed by atoms with Gasteiger partial charge < -0.3 is 10.1 Å². The van der Waals surface area contributed by atoms with Crippen molar-refractivity contribution in [2.75, 3.05) is 20.7 Å². The molecule has 1 N–H and O–H groups in total. The first kappa shape index (κ1) is 15.0. The summed E-state index contributed by atoms with van der Waals surface area (Å²) >= 11 is 1.71. The minimum absolute atomic E-state index is 0.502. The first-order valence-electron chi connectivity index (χ1n) is 6.93. The number of hydrogen-bond donors (Lipinski definition) is 1. The number of benzene rings is 1. The van der Waals surface area contributed by atoms with Crippen molar-refractivity contribution >= 4 is 11.3 Å². The standard InChI is InChI=1S/C16H22N2OS/c1-11(2)12-5-6-15(19-4)13(9-12)14-10-20-16(18-14)7-8-17-3/h5-6,9-11,17H,7-8H2,1-4H3. The third kappa shape index (κ3) is 3.38. The Morgan fingerprint density at radius 3 is 2.80 bits per heavy atom. The monoisotopic (exact) mass is 290 g/mol. The van der Waals surface area contributed by atoms with Gasteiger partial charge in [0.05, 0.1) is 17.8 Å². The van der Waals surface area contributed by atoms with E-state index in [-0.39, 0.29) is 0 Å². The van der Waals surface area contributed by atoms with Crippen LogP contribution in [0.15, 0.2) is 23.6 Å². The largest absolute Gasteiger partial charge is 0.496 e. The predicted octanol–water partition coefficient (Wildman–Crippen LogP) is 3.70. The number of rotatable bonds is 6. The molecule has 0 aliphatic heterocycles. The number of methoxy groups -OCH3 is 1. The Labute approximate surface area is 125 Å². The molecule has 0 aliphatic rings. The van der Waals surface area contributed by atoms with Gasteiger partial charge >= 0.3 is 0 Å². The van der Waals surface area contributed by atoms with Gasteiger partial charge in [-0.15, -0.1) is 11.3 Å². The highest BCUT2D eigenvalue weighted by Gasteiger charge is 2.12. The van der Waals surface area contributed by atoms with Gasteiger partial charge in [0.25, 0.3) is 0 Å². The van der Waals surface area contributed by atoms with Crippen LogP contribution in [0.1, 0.15) is 30.3 Å². The van der Waals surface area contributed by atoms with Crippen molar-refractivity contribution in [3.8, 4) is 17.0 Å². The maximum atomic E-state index is 5.48. The molecule has 1 heterocycles. The molecule has 0 spiro atoms. The molecule has 0 atom stereocenters. The third-order valence-corrected chi connectivity index (χ3v) is 4.22. The predicted molar refractivity (Wildman–Crippen MR) is 85.8 cm³/mol. The normalized spacial score (nSPS) is 11.1. The van der Waals surface area contributed by atoms with Crippen LogP contribution >= 0.6 is 11.3 Å². The second-order valence-electron chi connectivity index (χ2n) is 5.09. The molecule has 108 valence electrons. The zero-order chi connectivity index (χ0) is 14.5. The topological polar surface area (TPSA) is 34.2 Å². The van der Waals surface area contributed by atoms with Crippen molar-refractivity contribution in [1.29, 1.82) is 0 Å². The number of aromatic nitrogens is 1. The van der Waals surface area contributed by atoms with Gasteiger partial charge in [-0.1, -0.05) is 19.9 Å². The van der Waals surface area contributed by atoms with E-state index in [0.29, 0.717) is 5.92 Å². The molecule has 0 radical (unpaired) electrons. The van der Waals surface area contributed by atoms with Crippen LogP contribution in [0.25, 0.3) is 11.3 Å². The summed E-state index contributed by atoms with van der Waals surface area (Å²) in [5.74, 6) is 1.39. The van der Waals surface area contributed by atoms with Crippen LogP contribution < -0.4 is 10.1 Å². The molecular formula is C16H22N2OS. The highest BCUT2D eigenvalue weighted by molar-refractivity contribution is 7.09. The van der Waals surface area contributed by atoms with Gasteiger partial charge in [0.2, 0.25) is 0 Å². The van der Waals surface area contributed by atoms with Crippen molar-refractivity contribution in [3.63, 3.8) is 0 Å². The molecule has 4 heteroatoms. The maximum Gasteiger partial charge on any atom is 0.128 e. The van der Waals surface area contributed by atoms with Gasteiger partial charge in [0.1, 0.15) is 5.75 Å². The lowest BCUT2D eigenvalue weighted by Crippen LogP contribution is -2.09. The molecule has 0 saturated carbocycles. The lowest BCUT2D eigenvalue weighted by molar-refractivity contribution is 0.416. The lowest BCUT2D eigenvalue weighted by Gasteiger charge is -2.11. The summed E-state index contributed by atoms with van der Waals surface area (Å²) in [6.07, 6.45) is 0.966. The van der Waals surface area contributed by atoms with Gasteiger partial charge in [-0.25, -0.2) is 4.98 Å². The average Bonchev–Trinajstić information content (AvgIpc) is 2.93. The fourth-order valence-corrected chi connectivity index (χ4v) is 2.86. The van der Waals surface area contributed by atoms with Gasteiger partial charge in [-0.2, -0.15) is 0 Å². The Morgan fingerprint density at radius 2 is 2.15 bits per heavy atom. The quantitative estimate of drug-likeness (QED) is 0.880. The van der Waals surface area contributed by atoms with E-state index in [9.17, 15) is 0 Å². The smallest absolute Gasteiger partial charge is 0.128 e. The van der Waals surface area contributed by atoms with E-state index in [1.807, 2.05) is 13.1 Å². The number of ether oxygens (including phenoxy) is 1. The summed E-state index contributed by atoms with van der Waals surface area (Å²) in [5, 5.41) is 6.43. The zero-order valence-electron chi connectivity index (χ0n) is 12.6. The van der Waals surface area contributed by atoms with Crippen molar-refractivity contribution in [2.45, 2.75) is 26.2 Å². The number of thiazole rings is 1. The SMILES string of the molecule is CNCCc1nc(-c2cc(C(C)C)ccc2OC)cs1. The first-order chi connectivity index (χ1) is 9.65. The molecule has 1 aromatic carbocycles. The van der Waals surface area contributed by atoms with E-state index in [4.69, 9.17) is 9.72 Å². The molecule has 3 nitrogen and oxygen atoms in total. The van der Waals surface area contributed by atoms with Gasteiger partial charge in [0, 0.05) is 23.9 Å². The molecule has 0 amide bonds. The van der Waals surface area contributed by atoms with Crippen molar-refractivity contribution in [2.24, 2.45) is 0 Å². The summed E-state index contributed by atoms with van der Waals surface area (Å²) in [6, 6.07) is 6.36. The first-order valence-corrected chi connectivity index (χ1v) is 7.81. The molecule has 0 unspecified atom stereocenters. The highest BCUT2D eigenvalue weighted by Crippen LogP contribution is 2.33. The average molecular weight is 290 g/mol. The summed E-state index contributed by atoms with van der Waals surface area (Å²) in [4.78, 5) is 4.73. The van der Waals surface area contributed by atoms with E-state index in [1.165, 1.54) is 5.56 Å². The fraction of sp³-hybridized carbons (Fsp3) is 0.438. The summed E-state index contributed by atoms with van der Waals surface area (Å²) in [6.45, 7) is 5.35. The van der Waals surface area contributed by atoms with Crippen LogP contribution in [0.5, 0.6) is 5.75 Å². The minimum Gasteiger partial charge on any atom is -0.496 e. The van der Waals surface area contributed by atoms with Crippen molar-refractivity contribution in [1.82, 2.24) is 10.3 Å². The summed E-state index contributed by atoms with van der Waals surface area (Å²) < 4.78 is 5.48. The molecule has 2 rings (SSSR count). The lowest BCUT2D eigenvalue weighted by atomic mass is 9.99. The van der Waals surface area contributed by atoms with Crippen LogP contribution in [0.4, 0.5) is 0 Å². The van der Waals surface area contributed by atoms with E-state index in [1.54, 1.807) is 18.4 Å².